The number of nitrogens with two attached hydrogens (primary N) is 1. The van der Waals surface area contributed by atoms with Crippen molar-refractivity contribution in [3.8, 4) is 0 Å². The summed E-state index contributed by atoms with van der Waals surface area (Å²) in [5, 5.41) is 0. The molecule has 0 saturated carbocycles. The lowest BCUT2D eigenvalue weighted by molar-refractivity contribution is 0.619. The Morgan fingerprint density at radius 2 is 1.93 bits per heavy atom. The zero-order chi connectivity index (χ0) is 11.6. The minimum Gasteiger partial charge on any atom is -0.324 e. The molecule has 15 heavy (non-hydrogen) atoms. The maximum absolute atomic E-state index is 13.1. The Morgan fingerprint density at radius 1 is 1.33 bits per heavy atom. The first-order chi connectivity index (χ1) is 6.79. The van der Waals surface area contributed by atoms with Gasteiger partial charge in [0.15, 0.2) is 0 Å². The zero-order valence-corrected chi connectivity index (χ0v) is 10.5. The first kappa shape index (κ1) is 12.5. The largest absolute Gasteiger partial charge is 0.324 e. The van der Waals surface area contributed by atoms with E-state index in [2.05, 4.69) is 20.8 Å². The molecule has 0 aliphatic carbocycles. The lowest BCUT2D eigenvalue weighted by atomic mass is 10.1. The summed E-state index contributed by atoms with van der Waals surface area (Å²) in [6, 6.07) is 4.69. The smallest absolute Gasteiger partial charge is 0.123 e. The van der Waals surface area contributed by atoms with Gasteiger partial charge >= 0.3 is 0 Å². The average Bonchev–Trinajstić information content (AvgIpc) is 2.05. The molecule has 0 aliphatic heterocycles. The van der Waals surface area contributed by atoms with Gasteiger partial charge in [0.2, 0.25) is 0 Å². The van der Waals surface area contributed by atoms with Crippen LogP contribution in [0.1, 0.15) is 39.3 Å². The molecule has 1 aromatic rings. The fraction of sp³-hybridized carbons (Fsp3) is 0.500. The number of thioether (sulfide) groups is 1. The monoisotopic (exact) mass is 227 g/mol. The molecule has 0 bridgehead atoms. The molecular formula is C12H18FNS. The zero-order valence-electron chi connectivity index (χ0n) is 9.67. The fourth-order valence-corrected chi connectivity index (χ4v) is 2.46. The van der Waals surface area contributed by atoms with E-state index in [0.717, 1.165) is 10.5 Å². The highest BCUT2D eigenvalue weighted by Gasteiger charge is 2.16. The molecule has 0 aliphatic rings. The summed E-state index contributed by atoms with van der Waals surface area (Å²) >= 11 is 1.72. The summed E-state index contributed by atoms with van der Waals surface area (Å²) in [5.41, 5.74) is 6.71. The lowest BCUT2D eigenvalue weighted by Gasteiger charge is -2.21. The summed E-state index contributed by atoms with van der Waals surface area (Å²) in [6.45, 7) is 8.27. The topological polar surface area (TPSA) is 26.0 Å². The third-order valence-electron chi connectivity index (χ3n) is 1.88. The maximum atomic E-state index is 13.1. The van der Waals surface area contributed by atoms with Gasteiger partial charge in [0.05, 0.1) is 0 Å². The van der Waals surface area contributed by atoms with Crippen LogP contribution in [-0.2, 0) is 0 Å². The number of halogens is 1. The third-order valence-corrected chi connectivity index (χ3v) is 3.08. The maximum Gasteiger partial charge on any atom is 0.123 e. The van der Waals surface area contributed by atoms with Gasteiger partial charge in [0, 0.05) is 15.7 Å². The summed E-state index contributed by atoms with van der Waals surface area (Å²) in [5.74, 6) is -0.222. The van der Waals surface area contributed by atoms with Crippen molar-refractivity contribution in [1.82, 2.24) is 0 Å². The minimum atomic E-state index is -0.222. The molecule has 1 unspecified atom stereocenters. The molecule has 1 atom stereocenters. The third kappa shape index (κ3) is 3.84. The fourth-order valence-electron chi connectivity index (χ4n) is 1.30. The van der Waals surface area contributed by atoms with Crippen molar-refractivity contribution >= 4 is 11.8 Å². The van der Waals surface area contributed by atoms with Crippen molar-refractivity contribution in [2.45, 2.75) is 43.4 Å². The Bertz CT molecular complexity index is 342. The molecule has 0 aromatic heterocycles. The van der Waals surface area contributed by atoms with Crippen LogP contribution >= 0.6 is 11.8 Å². The van der Waals surface area contributed by atoms with Gasteiger partial charge in [0.25, 0.3) is 0 Å². The van der Waals surface area contributed by atoms with Gasteiger partial charge in [-0.1, -0.05) is 20.8 Å². The molecule has 3 heteroatoms. The normalized spacial score (nSPS) is 14.0. The molecule has 1 nitrogen and oxygen atoms in total. The summed E-state index contributed by atoms with van der Waals surface area (Å²) in [4.78, 5) is 1.07. The second kappa shape index (κ2) is 4.54. The van der Waals surface area contributed by atoms with E-state index >= 15 is 0 Å². The summed E-state index contributed by atoms with van der Waals surface area (Å²) in [7, 11) is 0. The second-order valence-electron chi connectivity index (χ2n) is 4.69. The molecule has 0 heterocycles. The molecule has 2 N–H and O–H groups in total. The Balaban J connectivity index is 3.06. The van der Waals surface area contributed by atoms with E-state index in [9.17, 15) is 4.39 Å². The highest BCUT2D eigenvalue weighted by Crippen LogP contribution is 2.36. The summed E-state index contributed by atoms with van der Waals surface area (Å²) < 4.78 is 13.2. The van der Waals surface area contributed by atoms with E-state index in [1.807, 2.05) is 13.0 Å². The number of benzene rings is 1. The van der Waals surface area contributed by atoms with Crippen LogP contribution in [0.4, 0.5) is 4.39 Å². The number of rotatable bonds is 2. The second-order valence-corrected chi connectivity index (χ2v) is 6.55. The molecular weight excluding hydrogens is 209 g/mol. The van der Waals surface area contributed by atoms with E-state index in [-0.39, 0.29) is 16.6 Å². The van der Waals surface area contributed by atoms with E-state index in [1.165, 1.54) is 12.1 Å². The molecule has 84 valence electrons. The van der Waals surface area contributed by atoms with Crippen molar-refractivity contribution in [3.63, 3.8) is 0 Å². The van der Waals surface area contributed by atoms with E-state index in [0.29, 0.717) is 0 Å². The van der Waals surface area contributed by atoms with Crippen LogP contribution in [0.15, 0.2) is 23.1 Å². The van der Waals surface area contributed by atoms with Gasteiger partial charge in [-0.05, 0) is 30.7 Å². The van der Waals surface area contributed by atoms with Crippen LogP contribution in [-0.4, -0.2) is 4.75 Å². The van der Waals surface area contributed by atoms with Crippen molar-refractivity contribution in [3.05, 3.63) is 29.6 Å². The van der Waals surface area contributed by atoms with Crippen LogP contribution in [0.25, 0.3) is 0 Å². The van der Waals surface area contributed by atoms with Crippen LogP contribution < -0.4 is 5.73 Å². The molecule has 1 aromatic carbocycles. The Kier molecular flexibility index (Phi) is 3.79. The predicted molar refractivity (Wildman–Crippen MR) is 64.6 cm³/mol. The number of hydrogen-bond acceptors (Lipinski definition) is 2. The van der Waals surface area contributed by atoms with Gasteiger partial charge in [-0.25, -0.2) is 4.39 Å². The van der Waals surface area contributed by atoms with Gasteiger partial charge in [0.1, 0.15) is 5.82 Å². The average molecular weight is 227 g/mol. The van der Waals surface area contributed by atoms with Crippen molar-refractivity contribution in [2.24, 2.45) is 5.73 Å². The van der Waals surface area contributed by atoms with E-state index < -0.39 is 0 Å². The SMILES string of the molecule is CC(N)c1cc(F)ccc1SC(C)(C)C. The Labute approximate surface area is 95.2 Å². The van der Waals surface area contributed by atoms with Gasteiger partial charge in [-0.15, -0.1) is 11.8 Å². The molecule has 1 rings (SSSR count). The number of hydrogen-bond donors (Lipinski definition) is 1. The van der Waals surface area contributed by atoms with Crippen LogP contribution in [0.3, 0.4) is 0 Å². The Hall–Kier alpha value is -0.540. The minimum absolute atomic E-state index is 0.113. The van der Waals surface area contributed by atoms with Gasteiger partial charge < -0.3 is 5.73 Å². The highest BCUT2D eigenvalue weighted by atomic mass is 32.2. The van der Waals surface area contributed by atoms with Gasteiger partial charge in [-0.2, -0.15) is 0 Å². The van der Waals surface area contributed by atoms with Crippen molar-refractivity contribution < 1.29 is 4.39 Å². The molecule has 0 spiro atoms. The molecule has 0 amide bonds. The first-order valence-corrected chi connectivity index (χ1v) is 5.85. The quantitative estimate of drug-likeness (QED) is 0.779. The Morgan fingerprint density at radius 3 is 2.40 bits per heavy atom. The molecule has 0 fully saturated rings. The highest BCUT2D eigenvalue weighted by molar-refractivity contribution is 8.00. The predicted octanol–water partition coefficient (Wildman–Crippen LogP) is 3.74. The molecule has 0 radical (unpaired) electrons. The van der Waals surface area contributed by atoms with Gasteiger partial charge in [-0.3, -0.25) is 0 Å². The van der Waals surface area contributed by atoms with Crippen LogP contribution in [0.2, 0.25) is 0 Å². The van der Waals surface area contributed by atoms with E-state index in [4.69, 9.17) is 5.73 Å². The standard InChI is InChI=1S/C12H18FNS/c1-8(14)10-7-9(13)5-6-11(10)15-12(2,3)4/h5-8H,14H2,1-4H3. The van der Waals surface area contributed by atoms with E-state index in [1.54, 1.807) is 11.8 Å². The first-order valence-electron chi connectivity index (χ1n) is 5.03. The summed E-state index contributed by atoms with van der Waals surface area (Å²) in [6.07, 6.45) is 0. The lowest BCUT2D eigenvalue weighted by Crippen LogP contribution is -2.11. The van der Waals surface area contributed by atoms with Crippen LogP contribution in [0.5, 0.6) is 0 Å². The van der Waals surface area contributed by atoms with Crippen LogP contribution in [0, 0.1) is 5.82 Å². The van der Waals surface area contributed by atoms with Crippen molar-refractivity contribution in [1.29, 1.82) is 0 Å². The molecule has 0 saturated heterocycles. The van der Waals surface area contributed by atoms with Crippen molar-refractivity contribution in [2.75, 3.05) is 0 Å².